The molecule has 1 aliphatic rings. The van der Waals surface area contributed by atoms with Gasteiger partial charge in [0.2, 0.25) is 5.91 Å². The summed E-state index contributed by atoms with van der Waals surface area (Å²) < 4.78 is 5.08. The molecule has 0 bridgehead atoms. The lowest BCUT2D eigenvalue weighted by Crippen LogP contribution is -2.41. The van der Waals surface area contributed by atoms with Crippen LogP contribution in [0.3, 0.4) is 0 Å². The van der Waals surface area contributed by atoms with Crippen molar-refractivity contribution in [2.75, 3.05) is 13.7 Å². The highest BCUT2D eigenvalue weighted by atomic mass is 16.5. The number of amides is 1. The number of rotatable bonds is 3. The van der Waals surface area contributed by atoms with Gasteiger partial charge in [-0.1, -0.05) is 12.1 Å². The fourth-order valence-electron chi connectivity index (χ4n) is 2.65. The maximum Gasteiger partial charge on any atom is 0.327 e. The number of carbonyl (C=O) groups excluding carboxylic acids is 1. The molecular weight excluding hydrogens is 246 g/mol. The molecule has 1 fully saturated rings. The van der Waals surface area contributed by atoms with Crippen molar-refractivity contribution in [3.8, 4) is 5.75 Å². The lowest BCUT2D eigenvalue weighted by molar-refractivity contribution is -0.147. The molecule has 0 unspecified atom stereocenters. The highest BCUT2D eigenvalue weighted by molar-refractivity contribution is 5.84. The Morgan fingerprint density at radius 3 is 2.42 bits per heavy atom. The van der Waals surface area contributed by atoms with E-state index < -0.39 is 12.0 Å². The summed E-state index contributed by atoms with van der Waals surface area (Å²) in [6.07, 6.45) is 0.670. The van der Waals surface area contributed by atoms with E-state index >= 15 is 0 Å². The third-order valence-corrected chi connectivity index (χ3v) is 3.60. The van der Waals surface area contributed by atoms with Crippen LogP contribution in [0.15, 0.2) is 24.3 Å². The molecule has 2 rings (SSSR count). The molecular formula is C14H17NO4. The van der Waals surface area contributed by atoms with Gasteiger partial charge in [0.1, 0.15) is 11.8 Å². The molecule has 1 N–H and O–H groups in total. The molecule has 19 heavy (non-hydrogen) atoms. The lowest BCUT2D eigenvalue weighted by Gasteiger charge is -2.23. The van der Waals surface area contributed by atoms with Crippen molar-refractivity contribution in [2.45, 2.75) is 25.3 Å². The molecule has 0 radical (unpaired) electrons. The second-order valence-corrected chi connectivity index (χ2v) is 4.66. The van der Waals surface area contributed by atoms with Gasteiger partial charge in [-0.05, 0) is 24.1 Å². The SMILES string of the molecule is COc1ccc([C@H]2CCN(C(C)=O)[C@H]2C(=O)O)cc1. The van der Waals surface area contributed by atoms with E-state index in [1.165, 1.54) is 11.8 Å². The van der Waals surface area contributed by atoms with E-state index in [9.17, 15) is 14.7 Å². The minimum Gasteiger partial charge on any atom is -0.497 e. The number of aliphatic carboxylic acids is 1. The minimum atomic E-state index is -0.950. The average Bonchev–Trinajstić information content (AvgIpc) is 2.83. The standard InChI is InChI=1S/C14H17NO4/c1-9(16)15-8-7-12(13(15)14(17)18)10-3-5-11(19-2)6-4-10/h3-6,12-13H,7-8H2,1-2H3,(H,17,18)/t12-,13-/m1/s1. The third-order valence-electron chi connectivity index (χ3n) is 3.60. The molecule has 1 aromatic rings. The molecule has 0 aromatic heterocycles. The van der Waals surface area contributed by atoms with Crippen molar-refractivity contribution < 1.29 is 19.4 Å². The second-order valence-electron chi connectivity index (χ2n) is 4.66. The molecule has 2 atom stereocenters. The van der Waals surface area contributed by atoms with Crippen LogP contribution < -0.4 is 4.74 Å². The number of ether oxygens (including phenoxy) is 1. The summed E-state index contributed by atoms with van der Waals surface area (Å²) in [7, 11) is 1.59. The zero-order valence-electron chi connectivity index (χ0n) is 11.0. The van der Waals surface area contributed by atoms with Crippen LogP contribution in [-0.4, -0.2) is 41.6 Å². The van der Waals surface area contributed by atoms with Gasteiger partial charge in [-0.3, -0.25) is 4.79 Å². The first-order valence-corrected chi connectivity index (χ1v) is 6.18. The van der Waals surface area contributed by atoms with Crippen LogP contribution in [-0.2, 0) is 9.59 Å². The van der Waals surface area contributed by atoms with Crippen molar-refractivity contribution >= 4 is 11.9 Å². The Labute approximate surface area is 111 Å². The molecule has 102 valence electrons. The molecule has 1 amide bonds. The van der Waals surface area contributed by atoms with Gasteiger partial charge in [0.05, 0.1) is 7.11 Å². The molecule has 1 heterocycles. The summed E-state index contributed by atoms with van der Waals surface area (Å²) >= 11 is 0. The third kappa shape index (κ3) is 2.54. The molecule has 0 saturated carbocycles. The van der Waals surface area contributed by atoms with Gasteiger partial charge in [0.25, 0.3) is 0 Å². The highest BCUT2D eigenvalue weighted by Gasteiger charge is 2.41. The Bertz CT molecular complexity index is 483. The number of carboxylic acids is 1. The van der Waals surface area contributed by atoms with Crippen LogP contribution in [0.5, 0.6) is 5.75 Å². The van der Waals surface area contributed by atoms with Crippen LogP contribution in [0, 0.1) is 0 Å². The number of nitrogens with zero attached hydrogens (tertiary/aromatic N) is 1. The zero-order valence-corrected chi connectivity index (χ0v) is 11.0. The highest BCUT2D eigenvalue weighted by Crippen LogP contribution is 2.34. The van der Waals surface area contributed by atoms with Crippen molar-refractivity contribution in [3.05, 3.63) is 29.8 Å². The first kappa shape index (κ1) is 13.4. The first-order chi connectivity index (χ1) is 9.04. The van der Waals surface area contributed by atoms with Crippen LogP contribution in [0.2, 0.25) is 0 Å². The number of carboxylic acid groups (broad SMARTS) is 1. The Balaban J connectivity index is 2.27. The second kappa shape index (κ2) is 5.30. The number of carbonyl (C=O) groups is 2. The summed E-state index contributed by atoms with van der Waals surface area (Å²) in [4.78, 5) is 24.3. The number of benzene rings is 1. The average molecular weight is 263 g/mol. The van der Waals surface area contributed by atoms with E-state index in [0.29, 0.717) is 13.0 Å². The van der Waals surface area contributed by atoms with E-state index in [0.717, 1.165) is 11.3 Å². The molecule has 5 heteroatoms. The van der Waals surface area contributed by atoms with Gasteiger partial charge in [-0.15, -0.1) is 0 Å². The minimum absolute atomic E-state index is 0.160. The normalized spacial score (nSPS) is 22.3. The monoisotopic (exact) mass is 263 g/mol. The van der Waals surface area contributed by atoms with E-state index in [1.54, 1.807) is 7.11 Å². The fourth-order valence-corrected chi connectivity index (χ4v) is 2.65. The molecule has 1 saturated heterocycles. The van der Waals surface area contributed by atoms with Gasteiger partial charge in [-0.25, -0.2) is 4.79 Å². The Morgan fingerprint density at radius 1 is 1.32 bits per heavy atom. The molecule has 1 aromatic carbocycles. The molecule has 5 nitrogen and oxygen atoms in total. The van der Waals surface area contributed by atoms with E-state index in [2.05, 4.69) is 0 Å². The summed E-state index contributed by atoms with van der Waals surface area (Å²) in [5, 5.41) is 9.35. The Kier molecular flexibility index (Phi) is 3.74. The van der Waals surface area contributed by atoms with Crippen molar-refractivity contribution in [2.24, 2.45) is 0 Å². The van der Waals surface area contributed by atoms with Gasteiger partial charge < -0.3 is 14.7 Å². The van der Waals surface area contributed by atoms with Crippen LogP contribution in [0.1, 0.15) is 24.8 Å². The number of hydrogen-bond acceptors (Lipinski definition) is 3. The van der Waals surface area contributed by atoms with E-state index in [1.807, 2.05) is 24.3 Å². The van der Waals surface area contributed by atoms with Crippen LogP contribution in [0.4, 0.5) is 0 Å². The summed E-state index contributed by atoms with van der Waals surface area (Å²) in [6, 6.07) is 6.58. The van der Waals surface area contributed by atoms with Crippen molar-refractivity contribution in [1.82, 2.24) is 4.90 Å². The molecule has 0 aliphatic carbocycles. The number of likely N-dealkylation sites (tertiary alicyclic amines) is 1. The topological polar surface area (TPSA) is 66.8 Å². The van der Waals surface area contributed by atoms with Crippen LogP contribution >= 0.6 is 0 Å². The molecule has 1 aliphatic heterocycles. The fraction of sp³-hybridized carbons (Fsp3) is 0.429. The number of methoxy groups -OCH3 is 1. The van der Waals surface area contributed by atoms with Crippen molar-refractivity contribution in [1.29, 1.82) is 0 Å². The summed E-state index contributed by atoms with van der Waals surface area (Å²) in [6.45, 7) is 1.90. The summed E-state index contributed by atoms with van der Waals surface area (Å²) in [5.41, 5.74) is 0.928. The number of hydrogen-bond donors (Lipinski definition) is 1. The maximum atomic E-state index is 11.5. The Hall–Kier alpha value is -2.04. The quantitative estimate of drug-likeness (QED) is 0.897. The van der Waals surface area contributed by atoms with Crippen LogP contribution in [0.25, 0.3) is 0 Å². The summed E-state index contributed by atoms with van der Waals surface area (Å²) in [5.74, 6) is -0.568. The van der Waals surface area contributed by atoms with Gasteiger partial charge in [0, 0.05) is 19.4 Å². The van der Waals surface area contributed by atoms with Gasteiger partial charge in [0.15, 0.2) is 0 Å². The first-order valence-electron chi connectivity index (χ1n) is 6.18. The predicted octanol–water partition coefficient (Wildman–Crippen LogP) is 1.48. The van der Waals surface area contributed by atoms with E-state index in [4.69, 9.17) is 4.74 Å². The van der Waals surface area contributed by atoms with Crippen molar-refractivity contribution in [3.63, 3.8) is 0 Å². The lowest BCUT2D eigenvalue weighted by atomic mass is 9.91. The van der Waals surface area contributed by atoms with Gasteiger partial charge >= 0.3 is 5.97 Å². The smallest absolute Gasteiger partial charge is 0.327 e. The Morgan fingerprint density at radius 2 is 1.95 bits per heavy atom. The maximum absolute atomic E-state index is 11.5. The van der Waals surface area contributed by atoms with E-state index in [-0.39, 0.29) is 11.8 Å². The largest absolute Gasteiger partial charge is 0.497 e. The van der Waals surface area contributed by atoms with Gasteiger partial charge in [-0.2, -0.15) is 0 Å². The molecule has 0 spiro atoms. The zero-order chi connectivity index (χ0) is 14.0. The predicted molar refractivity (Wildman–Crippen MR) is 69.2 cm³/mol.